The van der Waals surface area contributed by atoms with E-state index in [0.29, 0.717) is 12.2 Å². The number of nitrogens with one attached hydrogen (secondary N) is 2. The Hall–Kier alpha value is -1.36. The summed E-state index contributed by atoms with van der Waals surface area (Å²) < 4.78 is 4.80. The summed E-state index contributed by atoms with van der Waals surface area (Å²) >= 11 is 0. The van der Waals surface area contributed by atoms with Gasteiger partial charge < -0.3 is 15.2 Å². The summed E-state index contributed by atoms with van der Waals surface area (Å²) in [6.45, 7) is 6.04. The molecule has 1 heterocycles. The Bertz CT molecular complexity index is 296. The third-order valence-electron chi connectivity index (χ3n) is 1.69. The highest BCUT2D eigenvalue weighted by Crippen LogP contribution is 2.00. The van der Waals surface area contributed by atoms with Gasteiger partial charge in [-0.1, -0.05) is 12.1 Å². The fourth-order valence-corrected chi connectivity index (χ4v) is 0.999. The van der Waals surface area contributed by atoms with Gasteiger partial charge in [0.05, 0.1) is 5.69 Å². The van der Waals surface area contributed by atoms with Gasteiger partial charge in [-0.2, -0.15) is 0 Å². The van der Waals surface area contributed by atoms with Crippen LogP contribution in [0.5, 0.6) is 0 Å². The normalized spacial score (nSPS) is 10.1. The number of likely N-dealkylation sites (N-methyl/N-ethyl adjacent to an activating group) is 1. The molecule has 5 nitrogen and oxygen atoms in total. The summed E-state index contributed by atoms with van der Waals surface area (Å²) in [7, 11) is 0. The number of aromatic nitrogens is 1. The molecule has 0 aliphatic heterocycles. The number of aryl methyl sites for hydroxylation is 1. The molecule has 1 aromatic rings. The molecule has 0 radical (unpaired) electrons. The second kappa shape index (κ2) is 5.39. The maximum absolute atomic E-state index is 11.3. The first kappa shape index (κ1) is 10.7. The molecule has 0 atom stereocenters. The second-order valence-corrected chi connectivity index (χ2v) is 2.94. The van der Waals surface area contributed by atoms with E-state index < -0.39 is 0 Å². The van der Waals surface area contributed by atoms with Crippen molar-refractivity contribution in [3.8, 4) is 0 Å². The molecule has 14 heavy (non-hydrogen) atoms. The number of hydrogen-bond donors (Lipinski definition) is 2. The van der Waals surface area contributed by atoms with Crippen LogP contribution in [-0.4, -0.2) is 30.7 Å². The third-order valence-corrected chi connectivity index (χ3v) is 1.69. The molecule has 0 bridgehead atoms. The number of hydrogen-bond acceptors (Lipinski definition) is 4. The highest BCUT2D eigenvalue weighted by Gasteiger charge is 2.09. The Kier molecular flexibility index (Phi) is 4.12. The smallest absolute Gasteiger partial charge is 0.289 e. The predicted octanol–water partition coefficient (Wildman–Crippen LogP) is 0.322. The standard InChI is InChI=1S/C9H15N3O2/c1-3-10-4-5-11-9(13)8-6-7(2)12-14-8/h6,10H,3-5H2,1-2H3,(H,11,13). The number of carbonyl (C=O) groups is 1. The van der Waals surface area contributed by atoms with E-state index in [-0.39, 0.29) is 11.7 Å². The minimum absolute atomic E-state index is 0.219. The minimum atomic E-state index is -0.219. The van der Waals surface area contributed by atoms with Gasteiger partial charge in [0.1, 0.15) is 0 Å². The van der Waals surface area contributed by atoms with E-state index >= 15 is 0 Å². The molecule has 1 aromatic heterocycles. The summed E-state index contributed by atoms with van der Waals surface area (Å²) in [6.07, 6.45) is 0. The van der Waals surface area contributed by atoms with Crippen LogP contribution in [0.25, 0.3) is 0 Å². The first-order valence-electron chi connectivity index (χ1n) is 4.66. The molecule has 2 N–H and O–H groups in total. The summed E-state index contributed by atoms with van der Waals surface area (Å²) in [5.74, 6) is 0.0440. The van der Waals surface area contributed by atoms with Crippen LogP contribution in [0.4, 0.5) is 0 Å². The van der Waals surface area contributed by atoms with E-state index in [9.17, 15) is 4.79 Å². The molecular formula is C9H15N3O2. The average molecular weight is 197 g/mol. The van der Waals surface area contributed by atoms with Gasteiger partial charge in [0.25, 0.3) is 5.91 Å². The van der Waals surface area contributed by atoms with Crippen molar-refractivity contribution in [2.45, 2.75) is 13.8 Å². The Morgan fingerprint density at radius 2 is 2.36 bits per heavy atom. The molecule has 0 unspecified atom stereocenters. The van der Waals surface area contributed by atoms with Crippen LogP contribution in [0.2, 0.25) is 0 Å². The molecule has 0 aliphatic rings. The van der Waals surface area contributed by atoms with E-state index in [4.69, 9.17) is 4.52 Å². The topological polar surface area (TPSA) is 67.2 Å². The molecule has 0 aromatic carbocycles. The van der Waals surface area contributed by atoms with Crippen molar-refractivity contribution < 1.29 is 9.32 Å². The zero-order valence-electron chi connectivity index (χ0n) is 8.46. The maximum atomic E-state index is 11.3. The number of rotatable bonds is 5. The fraction of sp³-hybridized carbons (Fsp3) is 0.556. The van der Waals surface area contributed by atoms with Crippen molar-refractivity contribution in [3.63, 3.8) is 0 Å². The Morgan fingerprint density at radius 3 is 2.93 bits per heavy atom. The van der Waals surface area contributed by atoms with Gasteiger partial charge in [0.15, 0.2) is 0 Å². The van der Waals surface area contributed by atoms with E-state index in [1.165, 1.54) is 0 Å². The van der Waals surface area contributed by atoms with Gasteiger partial charge in [0, 0.05) is 19.2 Å². The summed E-state index contributed by atoms with van der Waals surface area (Å²) in [4.78, 5) is 11.3. The third kappa shape index (κ3) is 3.18. The first-order chi connectivity index (χ1) is 6.74. The highest BCUT2D eigenvalue weighted by molar-refractivity contribution is 5.91. The number of carbonyl (C=O) groups excluding carboxylic acids is 1. The van der Waals surface area contributed by atoms with Crippen LogP contribution >= 0.6 is 0 Å². The quantitative estimate of drug-likeness (QED) is 0.667. The summed E-state index contributed by atoms with van der Waals surface area (Å²) in [6, 6.07) is 1.61. The molecule has 0 saturated heterocycles. The van der Waals surface area contributed by atoms with Crippen LogP contribution in [0.3, 0.4) is 0 Å². The van der Waals surface area contributed by atoms with Crippen molar-refractivity contribution in [1.82, 2.24) is 15.8 Å². The van der Waals surface area contributed by atoms with Crippen LogP contribution in [-0.2, 0) is 0 Å². The highest BCUT2D eigenvalue weighted by atomic mass is 16.5. The Morgan fingerprint density at radius 1 is 1.57 bits per heavy atom. The second-order valence-electron chi connectivity index (χ2n) is 2.94. The van der Waals surface area contributed by atoms with Gasteiger partial charge in [0.2, 0.25) is 5.76 Å². The van der Waals surface area contributed by atoms with Crippen molar-refractivity contribution in [1.29, 1.82) is 0 Å². The molecule has 1 amide bonds. The van der Waals surface area contributed by atoms with E-state index in [1.807, 2.05) is 6.92 Å². The maximum Gasteiger partial charge on any atom is 0.289 e. The number of nitrogens with zero attached hydrogens (tertiary/aromatic N) is 1. The summed E-state index contributed by atoms with van der Waals surface area (Å²) in [5.41, 5.74) is 0.710. The van der Waals surface area contributed by atoms with Crippen LogP contribution in [0, 0.1) is 6.92 Å². The molecule has 0 spiro atoms. The molecule has 78 valence electrons. The average Bonchev–Trinajstić information content (AvgIpc) is 2.59. The van der Waals surface area contributed by atoms with Gasteiger partial charge >= 0.3 is 0 Å². The van der Waals surface area contributed by atoms with Crippen molar-refractivity contribution in [2.24, 2.45) is 0 Å². The molecule has 1 rings (SSSR count). The predicted molar refractivity (Wildman–Crippen MR) is 52.1 cm³/mol. The molecule has 0 fully saturated rings. The molecule has 0 saturated carbocycles. The van der Waals surface area contributed by atoms with E-state index in [0.717, 1.165) is 13.1 Å². The van der Waals surface area contributed by atoms with Crippen LogP contribution in [0.1, 0.15) is 23.2 Å². The van der Waals surface area contributed by atoms with Crippen molar-refractivity contribution >= 4 is 5.91 Å². The van der Waals surface area contributed by atoms with Gasteiger partial charge in [-0.25, -0.2) is 0 Å². The SMILES string of the molecule is CCNCCNC(=O)c1cc(C)no1. The lowest BCUT2D eigenvalue weighted by atomic mass is 10.3. The van der Waals surface area contributed by atoms with Crippen molar-refractivity contribution in [3.05, 3.63) is 17.5 Å². The zero-order chi connectivity index (χ0) is 10.4. The van der Waals surface area contributed by atoms with Crippen molar-refractivity contribution in [2.75, 3.05) is 19.6 Å². The minimum Gasteiger partial charge on any atom is -0.351 e. The lowest BCUT2D eigenvalue weighted by Crippen LogP contribution is -2.31. The zero-order valence-corrected chi connectivity index (χ0v) is 8.46. The van der Waals surface area contributed by atoms with Crippen LogP contribution in [0.15, 0.2) is 10.6 Å². The molecule has 5 heteroatoms. The fourth-order valence-electron chi connectivity index (χ4n) is 0.999. The van der Waals surface area contributed by atoms with E-state index in [2.05, 4.69) is 15.8 Å². The lowest BCUT2D eigenvalue weighted by molar-refractivity contribution is 0.0917. The van der Waals surface area contributed by atoms with Crippen LogP contribution < -0.4 is 10.6 Å². The molecular weight excluding hydrogens is 182 g/mol. The number of amides is 1. The van der Waals surface area contributed by atoms with Gasteiger partial charge in [-0.3, -0.25) is 4.79 Å². The first-order valence-corrected chi connectivity index (χ1v) is 4.66. The lowest BCUT2D eigenvalue weighted by Gasteiger charge is -2.02. The molecule has 0 aliphatic carbocycles. The van der Waals surface area contributed by atoms with Gasteiger partial charge in [-0.15, -0.1) is 0 Å². The van der Waals surface area contributed by atoms with Gasteiger partial charge in [-0.05, 0) is 13.5 Å². The Labute approximate surface area is 82.8 Å². The Balaban J connectivity index is 2.29. The summed E-state index contributed by atoms with van der Waals surface area (Å²) in [5, 5.41) is 9.44. The monoisotopic (exact) mass is 197 g/mol. The van der Waals surface area contributed by atoms with E-state index in [1.54, 1.807) is 13.0 Å². The largest absolute Gasteiger partial charge is 0.351 e.